The van der Waals surface area contributed by atoms with Crippen molar-refractivity contribution in [2.75, 3.05) is 17.2 Å². The lowest BCUT2D eigenvalue weighted by atomic mass is 9.94. The fourth-order valence-electron chi connectivity index (χ4n) is 2.40. The lowest BCUT2D eigenvalue weighted by Gasteiger charge is -2.32. The zero-order valence-electron chi connectivity index (χ0n) is 11.1. The molecule has 1 fully saturated rings. The highest BCUT2D eigenvalue weighted by Crippen LogP contribution is 2.37. The van der Waals surface area contributed by atoms with E-state index in [1.54, 1.807) is 0 Å². The third-order valence-electron chi connectivity index (χ3n) is 3.54. The summed E-state index contributed by atoms with van der Waals surface area (Å²) in [7, 11) is 0. The van der Waals surface area contributed by atoms with Crippen LogP contribution >= 0.6 is 11.8 Å². The molecule has 106 valence electrons. The van der Waals surface area contributed by atoms with Gasteiger partial charge in [0.05, 0.1) is 5.56 Å². The number of fused-ring (bicyclic) bond motifs is 1. The van der Waals surface area contributed by atoms with E-state index in [4.69, 9.17) is 0 Å². The predicted molar refractivity (Wildman–Crippen MR) is 74.3 cm³/mol. The molecule has 2 heterocycles. The van der Waals surface area contributed by atoms with E-state index in [1.165, 1.54) is 18.0 Å². The summed E-state index contributed by atoms with van der Waals surface area (Å²) in [4.78, 5) is 34.0. The highest BCUT2D eigenvalue weighted by molar-refractivity contribution is 7.99. The van der Waals surface area contributed by atoms with Crippen LogP contribution in [-0.4, -0.2) is 45.2 Å². The van der Waals surface area contributed by atoms with E-state index in [1.807, 2.05) is 11.8 Å². The highest BCUT2D eigenvalue weighted by atomic mass is 32.2. The molecular formula is C13H15N3O3S. The number of anilines is 1. The Morgan fingerprint density at radius 2 is 2.30 bits per heavy atom. The lowest BCUT2D eigenvalue weighted by molar-refractivity contribution is -0.139. The fourth-order valence-corrected chi connectivity index (χ4v) is 2.94. The van der Waals surface area contributed by atoms with Crippen LogP contribution in [0.2, 0.25) is 0 Å². The minimum atomic E-state index is -1.07. The molecule has 1 aromatic heterocycles. The molecule has 2 aliphatic rings. The smallest absolute Gasteiger partial charge is 0.316 e. The van der Waals surface area contributed by atoms with Crippen molar-refractivity contribution in [3.63, 3.8) is 0 Å². The summed E-state index contributed by atoms with van der Waals surface area (Å²) in [5.74, 6) is -0.985. The van der Waals surface area contributed by atoms with E-state index >= 15 is 0 Å². The summed E-state index contributed by atoms with van der Waals surface area (Å²) in [5.41, 5.74) is 0.344. The molecular weight excluding hydrogens is 278 g/mol. The Balaban J connectivity index is 2.02. The second-order valence-corrected chi connectivity index (χ2v) is 6.19. The van der Waals surface area contributed by atoms with Gasteiger partial charge in [-0.3, -0.25) is 9.59 Å². The van der Waals surface area contributed by atoms with E-state index in [2.05, 4.69) is 9.97 Å². The second-order valence-electron chi connectivity index (χ2n) is 4.96. The van der Waals surface area contributed by atoms with Gasteiger partial charge in [0, 0.05) is 18.8 Å². The van der Waals surface area contributed by atoms with E-state index in [-0.39, 0.29) is 12.3 Å². The normalized spacial score (nSPS) is 21.8. The standard InChI is InChI=1S/C13H15N3O3S/c1-2-20-13-14-5-8-10(17)9(12(18)19)6-16(7-3-4-7)11(8)15-13/h5,7,9H,2-4,6H2,1H3,(H,18,19). The first kappa shape index (κ1) is 13.4. The van der Waals surface area contributed by atoms with Crippen LogP contribution in [0.15, 0.2) is 11.4 Å². The van der Waals surface area contributed by atoms with Crippen molar-refractivity contribution in [2.24, 2.45) is 5.92 Å². The Hall–Kier alpha value is -1.63. The zero-order chi connectivity index (χ0) is 14.3. The van der Waals surface area contributed by atoms with E-state index < -0.39 is 11.9 Å². The summed E-state index contributed by atoms with van der Waals surface area (Å²) < 4.78 is 0. The van der Waals surface area contributed by atoms with Crippen molar-refractivity contribution in [1.82, 2.24) is 9.97 Å². The Bertz CT molecular complexity index is 574. The summed E-state index contributed by atoms with van der Waals surface area (Å²) in [6.45, 7) is 2.23. The fraction of sp³-hybridized carbons (Fsp3) is 0.538. The van der Waals surface area contributed by atoms with Crippen LogP contribution in [-0.2, 0) is 4.79 Å². The van der Waals surface area contributed by atoms with Crippen molar-refractivity contribution in [3.8, 4) is 0 Å². The van der Waals surface area contributed by atoms with Gasteiger partial charge in [-0.05, 0) is 18.6 Å². The van der Waals surface area contributed by atoms with Gasteiger partial charge < -0.3 is 10.0 Å². The van der Waals surface area contributed by atoms with Crippen LogP contribution in [0, 0.1) is 5.92 Å². The van der Waals surface area contributed by atoms with Gasteiger partial charge >= 0.3 is 5.97 Å². The quantitative estimate of drug-likeness (QED) is 0.511. The van der Waals surface area contributed by atoms with Gasteiger partial charge in [-0.15, -0.1) is 0 Å². The first-order valence-corrected chi connectivity index (χ1v) is 7.64. The van der Waals surface area contributed by atoms with Crippen LogP contribution in [0.1, 0.15) is 30.1 Å². The molecule has 1 N–H and O–H groups in total. The van der Waals surface area contributed by atoms with E-state index in [0.29, 0.717) is 22.6 Å². The molecule has 0 aromatic carbocycles. The number of aliphatic carboxylic acids is 1. The number of hydrogen-bond donors (Lipinski definition) is 1. The predicted octanol–water partition coefficient (Wildman–Crippen LogP) is 1.45. The Morgan fingerprint density at radius 1 is 1.55 bits per heavy atom. The van der Waals surface area contributed by atoms with Crippen molar-refractivity contribution < 1.29 is 14.7 Å². The van der Waals surface area contributed by atoms with Gasteiger partial charge in [0.25, 0.3) is 0 Å². The maximum absolute atomic E-state index is 12.2. The number of carbonyl (C=O) groups excluding carboxylic acids is 1. The minimum Gasteiger partial charge on any atom is -0.481 e. The van der Waals surface area contributed by atoms with Gasteiger partial charge in [-0.1, -0.05) is 18.7 Å². The Labute approximate surface area is 120 Å². The molecule has 20 heavy (non-hydrogen) atoms. The number of carboxylic acids is 1. The maximum Gasteiger partial charge on any atom is 0.316 e. The molecule has 7 heteroatoms. The number of rotatable bonds is 4. The monoisotopic (exact) mass is 293 g/mol. The van der Waals surface area contributed by atoms with Crippen molar-refractivity contribution in [1.29, 1.82) is 0 Å². The maximum atomic E-state index is 12.2. The van der Waals surface area contributed by atoms with Crippen molar-refractivity contribution in [3.05, 3.63) is 11.8 Å². The first-order chi connectivity index (χ1) is 9.61. The molecule has 0 bridgehead atoms. The average Bonchev–Trinajstić information content (AvgIpc) is 3.23. The highest BCUT2D eigenvalue weighted by Gasteiger charge is 2.43. The van der Waals surface area contributed by atoms with Gasteiger partial charge in [-0.25, -0.2) is 9.97 Å². The number of nitrogens with zero attached hydrogens (tertiary/aromatic N) is 3. The molecule has 0 saturated heterocycles. The minimum absolute atomic E-state index is 0.221. The molecule has 6 nitrogen and oxygen atoms in total. The molecule has 3 rings (SSSR count). The first-order valence-electron chi connectivity index (χ1n) is 6.65. The topological polar surface area (TPSA) is 83.4 Å². The summed E-state index contributed by atoms with van der Waals surface area (Å²) in [5, 5.41) is 9.84. The number of carboxylic acid groups (broad SMARTS) is 1. The van der Waals surface area contributed by atoms with Crippen LogP contribution in [0.3, 0.4) is 0 Å². The molecule has 0 radical (unpaired) electrons. The van der Waals surface area contributed by atoms with Crippen LogP contribution < -0.4 is 4.90 Å². The SMILES string of the molecule is CCSc1ncc2c(n1)N(C1CC1)CC(C(=O)O)C2=O. The number of aromatic nitrogens is 2. The Kier molecular flexibility index (Phi) is 3.37. The third-order valence-corrected chi connectivity index (χ3v) is 4.28. The average molecular weight is 293 g/mol. The molecule has 1 aliphatic carbocycles. The van der Waals surface area contributed by atoms with Crippen LogP contribution in [0.25, 0.3) is 0 Å². The molecule has 0 spiro atoms. The number of Topliss-reactive ketones (excluding diaryl/α,β-unsaturated/α-hetero) is 1. The third kappa shape index (κ3) is 2.26. The van der Waals surface area contributed by atoms with Crippen molar-refractivity contribution in [2.45, 2.75) is 31.0 Å². The summed E-state index contributed by atoms with van der Waals surface area (Å²) >= 11 is 1.51. The van der Waals surface area contributed by atoms with Crippen molar-refractivity contribution >= 4 is 29.3 Å². The lowest BCUT2D eigenvalue weighted by Crippen LogP contribution is -2.44. The molecule has 1 aromatic rings. The van der Waals surface area contributed by atoms with Gasteiger partial charge in [-0.2, -0.15) is 0 Å². The van der Waals surface area contributed by atoms with E-state index in [9.17, 15) is 14.7 Å². The number of ketones is 1. The number of thioether (sulfide) groups is 1. The molecule has 1 aliphatic heterocycles. The summed E-state index contributed by atoms with van der Waals surface area (Å²) in [6.07, 6.45) is 3.54. The molecule has 1 unspecified atom stereocenters. The second kappa shape index (κ2) is 5.05. The molecule has 1 atom stereocenters. The van der Waals surface area contributed by atoms with E-state index in [0.717, 1.165) is 18.6 Å². The van der Waals surface area contributed by atoms with Gasteiger partial charge in [0.1, 0.15) is 11.7 Å². The molecule has 1 saturated carbocycles. The Morgan fingerprint density at radius 3 is 2.90 bits per heavy atom. The van der Waals surface area contributed by atoms with Crippen LogP contribution in [0.4, 0.5) is 5.82 Å². The zero-order valence-corrected chi connectivity index (χ0v) is 11.9. The molecule has 0 amide bonds. The number of carbonyl (C=O) groups is 2. The number of hydrogen-bond acceptors (Lipinski definition) is 6. The largest absolute Gasteiger partial charge is 0.481 e. The van der Waals surface area contributed by atoms with Crippen LogP contribution in [0.5, 0.6) is 0 Å². The van der Waals surface area contributed by atoms with Gasteiger partial charge in [0.2, 0.25) is 0 Å². The summed E-state index contributed by atoms with van der Waals surface area (Å²) in [6, 6.07) is 0.318. The van der Waals surface area contributed by atoms with Gasteiger partial charge in [0.15, 0.2) is 10.9 Å².